The lowest BCUT2D eigenvalue weighted by atomic mass is 10.2. The van der Waals surface area contributed by atoms with Gasteiger partial charge in [0.1, 0.15) is 6.10 Å². The first-order chi connectivity index (χ1) is 11.9. The van der Waals surface area contributed by atoms with Gasteiger partial charge < -0.3 is 14.5 Å². The quantitative estimate of drug-likeness (QED) is 0.829. The Bertz CT molecular complexity index is 768. The molecule has 0 saturated carbocycles. The first kappa shape index (κ1) is 17.2. The zero-order chi connectivity index (χ0) is 18.1. The van der Waals surface area contributed by atoms with Crippen molar-refractivity contribution in [1.82, 2.24) is 24.9 Å². The van der Waals surface area contributed by atoms with Crippen LogP contribution in [0, 0.1) is 13.8 Å². The van der Waals surface area contributed by atoms with Gasteiger partial charge in [-0.15, -0.1) is 10.2 Å². The maximum atomic E-state index is 12.8. The van der Waals surface area contributed by atoms with E-state index in [9.17, 15) is 4.79 Å². The van der Waals surface area contributed by atoms with Crippen LogP contribution >= 0.6 is 0 Å². The molecule has 0 aliphatic carbocycles. The lowest BCUT2D eigenvalue weighted by Crippen LogP contribution is -2.31. The number of hydrogen-bond acceptors (Lipinski definition) is 6. The molecule has 1 saturated heterocycles. The highest BCUT2D eigenvalue weighted by Gasteiger charge is 2.31. The summed E-state index contributed by atoms with van der Waals surface area (Å²) in [6.07, 6.45) is 0.710. The molecule has 1 aliphatic rings. The third-order valence-corrected chi connectivity index (χ3v) is 4.53. The predicted molar refractivity (Wildman–Crippen MR) is 94.0 cm³/mol. The fourth-order valence-corrected chi connectivity index (χ4v) is 3.04. The second-order valence-corrected chi connectivity index (χ2v) is 6.57. The maximum absolute atomic E-state index is 12.8. The number of likely N-dealkylation sites (tertiary alicyclic amines) is 1. The number of aromatic nitrogens is 4. The van der Waals surface area contributed by atoms with Crippen molar-refractivity contribution in [3.8, 4) is 5.88 Å². The van der Waals surface area contributed by atoms with Gasteiger partial charge in [0.15, 0.2) is 5.82 Å². The van der Waals surface area contributed by atoms with Gasteiger partial charge in [-0.1, -0.05) is 0 Å². The average Bonchev–Trinajstić information content (AvgIpc) is 3.12. The van der Waals surface area contributed by atoms with E-state index in [1.165, 1.54) is 0 Å². The number of aryl methyl sites for hydroxylation is 2. The van der Waals surface area contributed by atoms with E-state index in [0.29, 0.717) is 24.5 Å². The summed E-state index contributed by atoms with van der Waals surface area (Å²) < 4.78 is 7.63. The van der Waals surface area contributed by atoms with Gasteiger partial charge in [0, 0.05) is 45.9 Å². The van der Waals surface area contributed by atoms with Crippen LogP contribution in [0.25, 0.3) is 0 Å². The predicted octanol–water partition coefficient (Wildman–Crippen LogP) is 1.19. The molecule has 134 valence electrons. The summed E-state index contributed by atoms with van der Waals surface area (Å²) in [5.74, 6) is 1.28. The SMILES string of the molecule is Cc1nn(C)c(C)c1C(=O)N1CC[C@@H](Oc2ccc(N(C)C)nn2)C1. The van der Waals surface area contributed by atoms with E-state index in [0.717, 1.165) is 23.6 Å². The minimum atomic E-state index is -0.0688. The summed E-state index contributed by atoms with van der Waals surface area (Å²) >= 11 is 0. The van der Waals surface area contributed by atoms with Crippen LogP contribution in [0.1, 0.15) is 28.2 Å². The molecular weight excluding hydrogens is 320 g/mol. The van der Waals surface area contributed by atoms with E-state index in [1.807, 2.05) is 56.9 Å². The number of rotatable bonds is 4. The summed E-state index contributed by atoms with van der Waals surface area (Å²) in [7, 11) is 5.67. The molecule has 3 heterocycles. The number of ether oxygens (including phenoxy) is 1. The molecule has 0 aromatic carbocycles. The number of carbonyl (C=O) groups is 1. The van der Waals surface area contributed by atoms with E-state index < -0.39 is 0 Å². The summed E-state index contributed by atoms with van der Waals surface area (Å²) in [6.45, 7) is 5.00. The van der Waals surface area contributed by atoms with Crippen molar-refractivity contribution >= 4 is 11.7 Å². The van der Waals surface area contributed by atoms with E-state index in [-0.39, 0.29) is 12.0 Å². The standard InChI is InChI=1S/C17H24N6O2/c1-11-16(12(2)22(5)20-11)17(24)23-9-8-13(10-23)25-15-7-6-14(18-19-15)21(3)4/h6-7,13H,8-10H2,1-5H3/t13-/m1/s1. The molecule has 1 fully saturated rings. The molecule has 8 heteroatoms. The van der Waals surface area contributed by atoms with E-state index >= 15 is 0 Å². The second kappa shape index (κ2) is 6.70. The first-order valence-corrected chi connectivity index (χ1v) is 8.34. The van der Waals surface area contributed by atoms with E-state index in [4.69, 9.17) is 4.74 Å². The lowest BCUT2D eigenvalue weighted by molar-refractivity contribution is 0.0769. The fourth-order valence-electron chi connectivity index (χ4n) is 3.04. The van der Waals surface area contributed by atoms with Crippen LogP contribution in [0.3, 0.4) is 0 Å². The summed E-state index contributed by atoms with van der Waals surface area (Å²) in [4.78, 5) is 16.5. The summed E-state index contributed by atoms with van der Waals surface area (Å²) in [6, 6.07) is 3.67. The van der Waals surface area contributed by atoms with Crippen LogP contribution in [0.15, 0.2) is 12.1 Å². The smallest absolute Gasteiger partial charge is 0.257 e. The van der Waals surface area contributed by atoms with Gasteiger partial charge in [-0.2, -0.15) is 5.10 Å². The van der Waals surface area contributed by atoms with Gasteiger partial charge in [-0.25, -0.2) is 0 Å². The second-order valence-electron chi connectivity index (χ2n) is 6.57. The van der Waals surface area contributed by atoms with Crippen LogP contribution in [0.5, 0.6) is 5.88 Å². The Morgan fingerprint density at radius 2 is 2.04 bits per heavy atom. The molecule has 1 amide bonds. The van der Waals surface area contributed by atoms with Crippen LogP contribution in [-0.4, -0.2) is 64.1 Å². The van der Waals surface area contributed by atoms with Gasteiger partial charge in [-0.3, -0.25) is 9.48 Å². The topological polar surface area (TPSA) is 76.4 Å². The highest BCUT2D eigenvalue weighted by Crippen LogP contribution is 2.21. The molecule has 0 radical (unpaired) electrons. The van der Waals surface area contributed by atoms with Crippen molar-refractivity contribution in [2.75, 3.05) is 32.1 Å². The van der Waals surface area contributed by atoms with Crippen LogP contribution in [-0.2, 0) is 7.05 Å². The van der Waals surface area contributed by atoms with Gasteiger partial charge in [0.05, 0.1) is 17.8 Å². The number of carbonyl (C=O) groups excluding carboxylic acids is 1. The van der Waals surface area contributed by atoms with Crippen molar-refractivity contribution in [2.24, 2.45) is 7.05 Å². The monoisotopic (exact) mass is 344 g/mol. The molecule has 2 aromatic rings. The number of hydrogen-bond donors (Lipinski definition) is 0. The summed E-state index contributed by atoms with van der Waals surface area (Å²) in [5, 5.41) is 12.5. The van der Waals surface area contributed by atoms with Crippen molar-refractivity contribution in [1.29, 1.82) is 0 Å². The van der Waals surface area contributed by atoms with Gasteiger partial charge in [0.2, 0.25) is 5.88 Å². The highest BCUT2D eigenvalue weighted by atomic mass is 16.5. The molecule has 0 N–H and O–H groups in total. The minimum absolute atomic E-state index is 0.0169. The van der Waals surface area contributed by atoms with E-state index in [2.05, 4.69) is 15.3 Å². The van der Waals surface area contributed by atoms with Gasteiger partial charge in [0.25, 0.3) is 5.91 Å². The Balaban J connectivity index is 1.64. The fraction of sp³-hybridized carbons (Fsp3) is 0.529. The molecule has 2 aromatic heterocycles. The molecule has 0 bridgehead atoms. The molecule has 8 nitrogen and oxygen atoms in total. The molecule has 25 heavy (non-hydrogen) atoms. The zero-order valence-electron chi connectivity index (χ0n) is 15.4. The summed E-state index contributed by atoms with van der Waals surface area (Å²) in [5.41, 5.74) is 2.34. The third kappa shape index (κ3) is 3.42. The van der Waals surface area contributed by atoms with Crippen molar-refractivity contribution < 1.29 is 9.53 Å². The first-order valence-electron chi connectivity index (χ1n) is 8.34. The van der Waals surface area contributed by atoms with Crippen molar-refractivity contribution in [3.63, 3.8) is 0 Å². The minimum Gasteiger partial charge on any atom is -0.471 e. The molecule has 1 aliphatic heterocycles. The molecule has 1 atom stereocenters. The maximum Gasteiger partial charge on any atom is 0.257 e. The van der Waals surface area contributed by atoms with Crippen molar-refractivity contribution in [3.05, 3.63) is 29.1 Å². The van der Waals surface area contributed by atoms with Crippen molar-refractivity contribution in [2.45, 2.75) is 26.4 Å². The largest absolute Gasteiger partial charge is 0.471 e. The lowest BCUT2D eigenvalue weighted by Gasteiger charge is -2.17. The van der Waals surface area contributed by atoms with E-state index in [1.54, 1.807) is 4.68 Å². The van der Waals surface area contributed by atoms with Gasteiger partial charge >= 0.3 is 0 Å². The normalized spacial score (nSPS) is 17.0. The molecule has 0 unspecified atom stereocenters. The number of anilines is 1. The highest BCUT2D eigenvalue weighted by molar-refractivity contribution is 5.96. The molecule has 0 spiro atoms. The molecular formula is C17H24N6O2. The Morgan fingerprint density at radius 1 is 1.28 bits per heavy atom. The zero-order valence-corrected chi connectivity index (χ0v) is 15.4. The van der Waals surface area contributed by atoms with Crippen LogP contribution in [0.4, 0.5) is 5.82 Å². The Labute approximate surface area is 147 Å². The van der Waals surface area contributed by atoms with Gasteiger partial charge in [-0.05, 0) is 19.9 Å². The number of amides is 1. The number of nitrogens with zero attached hydrogens (tertiary/aromatic N) is 6. The Morgan fingerprint density at radius 3 is 2.60 bits per heavy atom. The Kier molecular flexibility index (Phi) is 4.61. The Hall–Kier alpha value is -2.64. The van der Waals surface area contributed by atoms with Crippen LogP contribution in [0.2, 0.25) is 0 Å². The third-order valence-electron chi connectivity index (χ3n) is 4.53. The average molecular weight is 344 g/mol. The van der Waals surface area contributed by atoms with Crippen LogP contribution < -0.4 is 9.64 Å². The molecule has 3 rings (SSSR count).